The molecular formula is C16H23N5O2. The average molecular weight is 317 g/mol. The molecule has 0 unspecified atom stereocenters. The number of anilines is 1. The Morgan fingerprint density at radius 3 is 3.00 bits per heavy atom. The summed E-state index contributed by atoms with van der Waals surface area (Å²) in [6.07, 6.45) is 2.01. The summed E-state index contributed by atoms with van der Waals surface area (Å²) in [6, 6.07) is 4.19. The molecule has 0 bridgehead atoms. The fourth-order valence-corrected chi connectivity index (χ4v) is 3.02. The van der Waals surface area contributed by atoms with E-state index in [1.165, 1.54) is 0 Å². The molecule has 0 radical (unpaired) electrons. The number of aryl methyl sites for hydroxylation is 3. The maximum absolute atomic E-state index is 12.4. The van der Waals surface area contributed by atoms with Crippen LogP contribution in [0.15, 0.2) is 18.3 Å². The summed E-state index contributed by atoms with van der Waals surface area (Å²) in [4.78, 5) is 14.6. The zero-order valence-electron chi connectivity index (χ0n) is 13.8. The number of rotatable bonds is 4. The van der Waals surface area contributed by atoms with Gasteiger partial charge in [-0.2, -0.15) is 5.10 Å². The van der Waals surface area contributed by atoms with E-state index in [0.29, 0.717) is 19.8 Å². The lowest BCUT2D eigenvalue weighted by molar-refractivity contribution is -0.119. The van der Waals surface area contributed by atoms with Crippen molar-refractivity contribution < 1.29 is 9.53 Å². The zero-order chi connectivity index (χ0) is 16.4. The molecule has 3 rings (SSSR count). The summed E-state index contributed by atoms with van der Waals surface area (Å²) in [5.74, 6) is -0.0290. The summed E-state index contributed by atoms with van der Waals surface area (Å²) in [5.41, 5.74) is 3.61. The molecule has 0 aromatic carbocycles. The molecular weight excluding hydrogens is 294 g/mol. The Hall–Kier alpha value is -2.12. The number of carbonyl (C=O) groups is 1. The van der Waals surface area contributed by atoms with Crippen molar-refractivity contribution in [3.63, 3.8) is 0 Å². The highest BCUT2D eigenvalue weighted by Crippen LogP contribution is 2.24. The number of amides is 1. The lowest BCUT2D eigenvalue weighted by Gasteiger charge is -2.35. The van der Waals surface area contributed by atoms with Crippen molar-refractivity contribution >= 4 is 11.6 Å². The molecule has 7 heteroatoms. The molecule has 3 heterocycles. The average Bonchev–Trinajstić information content (AvgIpc) is 3.08. The Morgan fingerprint density at radius 2 is 2.35 bits per heavy atom. The summed E-state index contributed by atoms with van der Waals surface area (Å²) in [7, 11) is 2.01. The Bertz CT molecular complexity index is 671. The molecule has 1 aliphatic heterocycles. The first kappa shape index (κ1) is 15.8. The molecule has 0 aliphatic carbocycles. The number of aromatic nitrogens is 3. The van der Waals surface area contributed by atoms with Crippen LogP contribution in [0, 0.1) is 13.8 Å². The first-order chi connectivity index (χ1) is 11.1. The Kier molecular flexibility index (Phi) is 4.49. The van der Waals surface area contributed by atoms with Gasteiger partial charge >= 0.3 is 0 Å². The third-order valence-corrected chi connectivity index (χ3v) is 4.30. The standard InChI is InChI=1S/C16H23N5O2/c1-11-16(12(2)19-18-11)17-15(22)9-21-7-8-23-10-14(21)13-5-4-6-20(13)3/h4-6,14H,7-10H2,1-3H3,(H,17,22)(H,18,19)/t14-/m0/s1. The smallest absolute Gasteiger partial charge is 0.238 e. The third kappa shape index (κ3) is 3.30. The number of nitrogens with zero attached hydrogens (tertiary/aromatic N) is 3. The molecule has 7 nitrogen and oxygen atoms in total. The quantitative estimate of drug-likeness (QED) is 0.893. The monoisotopic (exact) mass is 317 g/mol. The largest absolute Gasteiger partial charge is 0.378 e. The van der Waals surface area contributed by atoms with Crippen LogP contribution >= 0.6 is 0 Å². The minimum absolute atomic E-state index is 0.0290. The lowest BCUT2D eigenvalue weighted by Crippen LogP contribution is -2.44. The molecule has 1 saturated heterocycles. The van der Waals surface area contributed by atoms with Crippen LogP contribution in [0.4, 0.5) is 5.69 Å². The van der Waals surface area contributed by atoms with E-state index in [2.05, 4.69) is 31.0 Å². The van der Waals surface area contributed by atoms with E-state index in [4.69, 9.17) is 4.74 Å². The SMILES string of the molecule is Cc1n[nH]c(C)c1NC(=O)CN1CCOC[C@H]1c1cccn1C. The fraction of sp³-hybridized carbons (Fsp3) is 0.500. The van der Waals surface area contributed by atoms with E-state index in [1.807, 2.05) is 33.2 Å². The number of nitrogens with one attached hydrogen (secondary N) is 2. The molecule has 0 spiro atoms. The van der Waals surface area contributed by atoms with E-state index in [0.717, 1.165) is 29.3 Å². The van der Waals surface area contributed by atoms with Gasteiger partial charge < -0.3 is 14.6 Å². The van der Waals surface area contributed by atoms with Crippen molar-refractivity contribution in [2.24, 2.45) is 7.05 Å². The summed E-state index contributed by atoms with van der Waals surface area (Å²) in [5, 5.41) is 9.95. The van der Waals surface area contributed by atoms with Crippen molar-refractivity contribution in [1.29, 1.82) is 0 Å². The second-order valence-corrected chi connectivity index (χ2v) is 5.96. The number of H-pyrrole nitrogens is 1. The number of ether oxygens (including phenoxy) is 1. The van der Waals surface area contributed by atoms with Crippen LogP contribution in [0.3, 0.4) is 0 Å². The van der Waals surface area contributed by atoms with Gasteiger partial charge in [-0.05, 0) is 26.0 Å². The third-order valence-electron chi connectivity index (χ3n) is 4.30. The predicted molar refractivity (Wildman–Crippen MR) is 87.2 cm³/mol. The van der Waals surface area contributed by atoms with E-state index in [9.17, 15) is 4.79 Å². The van der Waals surface area contributed by atoms with Crippen LogP contribution in [0.2, 0.25) is 0 Å². The van der Waals surface area contributed by atoms with Gasteiger partial charge in [-0.3, -0.25) is 14.8 Å². The van der Waals surface area contributed by atoms with Gasteiger partial charge in [0.15, 0.2) is 0 Å². The van der Waals surface area contributed by atoms with E-state index in [1.54, 1.807) is 0 Å². The van der Waals surface area contributed by atoms with Crippen molar-refractivity contribution in [2.75, 3.05) is 31.6 Å². The van der Waals surface area contributed by atoms with Crippen molar-refractivity contribution in [3.8, 4) is 0 Å². The maximum Gasteiger partial charge on any atom is 0.238 e. The molecule has 0 saturated carbocycles. The molecule has 2 aromatic heterocycles. The Balaban J connectivity index is 1.70. The van der Waals surface area contributed by atoms with Crippen LogP contribution in [0.25, 0.3) is 0 Å². The predicted octanol–water partition coefficient (Wildman–Crippen LogP) is 1.38. The van der Waals surface area contributed by atoms with Gasteiger partial charge in [-0.15, -0.1) is 0 Å². The van der Waals surface area contributed by atoms with Crippen molar-refractivity contribution in [3.05, 3.63) is 35.4 Å². The Labute approximate surface area is 135 Å². The number of hydrogen-bond donors (Lipinski definition) is 2. The van der Waals surface area contributed by atoms with Gasteiger partial charge in [0.1, 0.15) is 0 Å². The second-order valence-electron chi connectivity index (χ2n) is 5.96. The van der Waals surface area contributed by atoms with Crippen molar-refractivity contribution in [2.45, 2.75) is 19.9 Å². The topological polar surface area (TPSA) is 75.2 Å². The van der Waals surface area contributed by atoms with Gasteiger partial charge in [0, 0.05) is 25.5 Å². The first-order valence-corrected chi connectivity index (χ1v) is 7.80. The second kappa shape index (κ2) is 6.55. The van der Waals surface area contributed by atoms with Gasteiger partial charge in [0.25, 0.3) is 0 Å². The zero-order valence-corrected chi connectivity index (χ0v) is 13.8. The van der Waals surface area contributed by atoms with Crippen molar-refractivity contribution in [1.82, 2.24) is 19.7 Å². The van der Waals surface area contributed by atoms with Crippen LogP contribution in [0.1, 0.15) is 23.1 Å². The molecule has 1 atom stereocenters. The molecule has 2 N–H and O–H groups in total. The minimum atomic E-state index is -0.0290. The van der Waals surface area contributed by atoms with Gasteiger partial charge in [0.05, 0.1) is 42.9 Å². The Morgan fingerprint density at radius 1 is 1.52 bits per heavy atom. The maximum atomic E-state index is 12.4. The first-order valence-electron chi connectivity index (χ1n) is 7.80. The number of hydrogen-bond acceptors (Lipinski definition) is 4. The summed E-state index contributed by atoms with van der Waals surface area (Å²) < 4.78 is 7.69. The number of aromatic amines is 1. The summed E-state index contributed by atoms with van der Waals surface area (Å²) >= 11 is 0. The molecule has 23 heavy (non-hydrogen) atoms. The van der Waals surface area contributed by atoms with Crippen LogP contribution in [0.5, 0.6) is 0 Å². The number of carbonyl (C=O) groups excluding carboxylic acids is 1. The normalized spacial score (nSPS) is 19.0. The van der Waals surface area contributed by atoms with Crippen LogP contribution < -0.4 is 5.32 Å². The molecule has 1 amide bonds. The summed E-state index contributed by atoms with van der Waals surface area (Å²) in [6.45, 7) is 6.11. The highest BCUT2D eigenvalue weighted by atomic mass is 16.5. The van der Waals surface area contributed by atoms with E-state index >= 15 is 0 Å². The minimum Gasteiger partial charge on any atom is -0.378 e. The fourth-order valence-electron chi connectivity index (χ4n) is 3.02. The van der Waals surface area contributed by atoms with E-state index < -0.39 is 0 Å². The molecule has 1 aliphatic rings. The lowest BCUT2D eigenvalue weighted by atomic mass is 10.1. The van der Waals surface area contributed by atoms with Gasteiger partial charge in [0.2, 0.25) is 5.91 Å². The number of morpholine rings is 1. The molecule has 124 valence electrons. The molecule has 1 fully saturated rings. The van der Waals surface area contributed by atoms with Crippen LogP contribution in [-0.2, 0) is 16.6 Å². The van der Waals surface area contributed by atoms with Gasteiger partial charge in [-0.1, -0.05) is 0 Å². The highest BCUT2D eigenvalue weighted by molar-refractivity contribution is 5.93. The van der Waals surface area contributed by atoms with Gasteiger partial charge in [-0.25, -0.2) is 0 Å². The highest BCUT2D eigenvalue weighted by Gasteiger charge is 2.28. The molecule has 2 aromatic rings. The van der Waals surface area contributed by atoms with Crippen LogP contribution in [-0.4, -0.2) is 51.9 Å². The van der Waals surface area contributed by atoms with E-state index in [-0.39, 0.29) is 11.9 Å².